The van der Waals surface area contributed by atoms with Crippen molar-refractivity contribution in [3.8, 4) is 0 Å². The van der Waals surface area contributed by atoms with Gasteiger partial charge in [0.25, 0.3) is 0 Å². The molecule has 0 heterocycles. The Labute approximate surface area is 106 Å². The van der Waals surface area contributed by atoms with Crippen LogP contribution in [0.25, 0.3) is 0 Å². The molecule has 0 spiro atoms. The lowest BCUT2D eigenvalue weighted by Crippen LogP contribution is -2.43. The van der Waals surface area contributed by atoms with Crippen LogP contribution >= 0.6 is 0 Å². The van der Waals surface area contributed by atoms with Gasteiger partial charge in [0.1, 0.15) is 0 Å². The second kappa shape index (κ2) is 5.68. The van der Waals surface area contributed by atoms with E-state index in [0.717, 1.165) is 32.2 Å². The molecule has 2 atom stereocenters. The number of rotatable bonds is 7. The highest BCUT2D eigenvalue weighted by atomic mass is 16.5. The highest BCUT2D eigenvalue weighted by Crippen LogP contribution is 2.37. The first-order valence-corrected chi connectivity index (χ1v) is 7.12. The van der Waals surface area contributed by atoms with Crippen LogP contribution in [-0.2, 0) is 4.74 Å². The first-order chi connectivity index (χ1) is 8.10. The molecule has 0 aromatic heterocycles. The van der Waals surface area contributed by atoms with Crippen molar-refractivity contribution in [3.05, 3.63) is 0 Å². The van der Waals surface area contributed by atoms with E-state index in [1.165, 1.54) is 32.1 Å². The second-order valence-electron chi connectivity index (χ2n) is 6.41. The van der Waals surface area contributed by atoms with Gasteiger partial charge in [-0.2, -0.15) is 0 Å². The Morgan fingerprint density at radius 2 is 2.12 bits per heavy atom. The minimum absolute atomic E-state index is 0.325. The van der Waals surface area contributed by atoms with E-state index < -0.39 is 0 Å². The predicted octanol–water partition coefficient (Wildman–Crippen LogP) is 1.86. The van der Waals surface area contributed by atoms with Crippen LogP contribution < -0.4 is 5.73 Å². The molecule has 3 nitrogen and oxygen atoms in total. The van der Waals surface area contributed by atoms with Gasteiger partial charge < -0.3 is 15.4 Å². The molecule has 2 saturated carbocycles. The Bertz CT molecular complexity index is 242. The fourth-order valence-electron chi connectivity index (χ4n) is 2.91. The van der Waals surface area contributed by atoms with Gasteiger partial charge in [-0.1, -0.05) is 13.3 Å². The van der Waals surface area contributed by atoms with Gasteiger partial charge in [-0.15, -0.1) is 0 Å². The van der Waals surface area contributed by atoms with Gasteiger partial charge in [0.15, 0.2) is 0 Å². The number of likely N-dealkylation sites (N-methyl/N-ethyl adjacent to an activating group) is 1. The van der Waals surface area contributed by atoms with Gasteiger partial charge in [-0.05, 0) is 44.1 Å². The summed E-state index contributed by atoms with van der Waals surface area (Å²) < 4.78 is 5.68. The molecule has 100 valence electrons. The molecular formula is C14H28N2O. The summed E-state index contributed by atoms with van der Waals surface area (Å²) in [5.41, 5.74) is 6.53. The molecule has 2 aliphatic carbocycles. The Balaban J connectivity index is 1.60. The molecule has 0 amide bonds. The van der Waals surface area contributed by atoms with E-state index in [2.05, 4.69) is 18.9 Å². The molecule has 0 bridgehead atoms. The summed E-state index contributed by atoms with van der Waals surface area (Å²) in [5, 5.41) is 0. The molecule has 0 radical (unpaired) electrons. The summed E-state index contributed by atoms with van der Waals surface area (Å²) in [6.45, 7) is 6.34. The third kappa shape index (κ3) is 3.94. The monoisotopic (exact) mass is 240 g/mol. The zero-order chi connectivity index (χ0) is 12.3. The maximum Gasteiger partial charge on any atom is 0.0593 e. The van der Waals surface area contributed by atoms with Gasteiger partial charge in [-0.25, -0.2) is 0 Å². The van der Waals surface area contributed by atoms with Gasteiger partial charge in [0.05, 0.1) is 6.61 Å². The highest BCUT2D eigenvalue weighted by Gasteiger charge is 2.36. The Morgan fingerprint density at radius 3 is 2.71 bits per heavy atom. The van der Waals surface area contributed by atoms with Gasteiger partial charge in [0, 0.05) is 25.7 Å². The quantitative estimate of drug-likeness (QED) is 0.690. The molecule has 3 heteroatoms. The molecule has 2 unspecified atom stereocenters. The fourth-order valence-corrected chi connectivity index (χ4v) is 2.91. The van der Waals surface area contributed by atoms with E-state index in [0.29, 0.717) is 11.5 Å². The number of nitrogens with zero attached hydrogens (tertiary/aromatic N) is 1. The van der Waals surface area contributed by atoms with E-state index >= 15 is 0 Å². The minimum atomic E-state index is 0.325. The van der Waals surface area contributed by atoms with E-state index in [1.54, 1.807) is 0 Å². The van der Waals surface area contributed by atoms with Crippen LogP contribution in [0.2, 0.25) is 0 Å². The standard InChI is InChI=1S/C14H28N2O/c1-14(7-3-4-13(14)15)11-16(2)8-9-17-10-12-5-6-12/h12-13H,3-11,15H2,1-2H3. The number of hydrogen-bond donors (Lipinski definition) is 1. The Morgan fingerprint density at radius 1 is 1.35 bits per heavy atom. The molecule has 2 N–H and O–H groups in total. The topological polar surface area (TPSA) is 38.5 Å². The first-order valence-electron chi connectivity index (χ1n) is 7.12. The molecule has 0 aromatic rings. The lowest BCUT2D eigenvalue weighted by atomic mass is 9.85. The van der Waals surface area contributed by atoms with Crippen LogP contribution in [0.3, 0.4) is 0 Å². The fraction of sp³-hybridized carbons (Fsp3) is 1.00. The van der Waals surface area contributed by atoms with Gasteiger partial charge in [-0.3, -0.25) is 0 Å². The molecule has 2 fully saturated rings. The van der Waals surface area contributed by atoms with Crippen molar-refractivity contribution in [2.75, 3.05) is 33.4 Å². The molecule has 2 rings (SSSR count). The van der Waals surface area contributed by atoms with Crippen LogP contribution in [0.5, 0.6) is 0 Å². The number of ether oxygens (including phenoxy) is 1. The summed E-state index contributed by atoms with van der Waals surface area (Å²) in [6, 6.07) is 0.386. The van der Waals surface area contributed by atoms with E-state index in [4.69, 9.17) is 10.5 Å². The van der Waals surface area contributed by atoms with Crippen LogP contribution in [0.4, 0.5) is 0 Å². The van der Waals surface area contributed by atoms with Crippen molar-refractivity contribution < 1.29 is 4.74 Å². The molecule has 0 aliphatic heterocycles. The van der Waals surface area contributed by atoms with Crippen molar-refractivity contribution in [2.24, 2.45) is 17.1 Å². The second-order valence-corrected chi connectivity index (χ2v) is 6.41. The van der Waals surface area contributed by atoms with Gasteiger partial charge >= 0.3 is 0 Å². The molecule has 17 heavy (non-hydrogen) atoms. The summed E-state index contributed by atoms with van der Waals surface area (Å²) in [7, 11) is 2.19. The maximum atomic E-state index is 6.21. The summed E-state index contributed by atoms with van der Waals surface area (Å²) in [6.07, 6.45) is 6.53. The van der Waals surface area contributed by atoms with Crippen molar-refractivity contribution >= 4 is 0 Å². The highest BCUT2D eigenvalue weighted by molar-refractivity contribution is 4.93. The summed E-state index contributed by atoms with van der Waals surface area (Å²) in [4.78, 5) is 2.39. The first kappa shape index (κ1) is 13.3. The largest absolute Gasteiger partial charge is 0.380 e. The van der Waals surface area contributed by atoms with Crippen LogP contribution in [0, 0.1) is 11.3 Å². The Hall–Kier alpha value is -0.120. The van der Waals surface area contributed by atoms with Crippen LogP contribution in [-0.4, -0.2) is 44.3 Å². The molecule has 0 saturated heterocycles. The smallest absolute Gasteiger partial charge is 0.0593 e. The number of hydrogen-bond acceptors (Lipinski definition) is 3. The van der Waals surface area contributed by atoms with Crippen LogP contribution in [0.1, 0.15) is 39.0 Å². The molecular weight excluding hydrogens is 212 g/mol. The molecule has 2 aliphatic rings. The van der Waals surface area contributed by atoms with Crippen molar-refractivity contribution in [2.45, 2.75) is 45.1 Å². The third-order valence-corrected chi connectivity index (χ3v) is 4.46. The van der Waals surface area contributed by atoms with E-state index in [9.17, 15) is 0 Å². The average molecular weight is 240 g/mol. The summed E-state index contributed by atoms with van der Waals surface area (Å²) >= 11 is 0. The number of nitrogens with two attached hydrogens (primary N) is 1. The predicted molar refractivity (Wildman–Crippen MR) is 71.0 cm³/mol. The molecule has 0 aromatic carbocycles. The van der Waals surface area contributed by atoms with Crippen molar-refractivity contribution in [3.63, 3.8) is 0 Å². The summed E-state index contributed by atoms with van der Waals surface area (Å²) in [5.74, 6) is 0.876. The maximum absolute atomic E-state index is 6.21. The Kier molecular flexibility index (Phi) is 4.45. The average Bonchev–Trinajstić information content (AvgIpc) is 3.03. The van der Waals surface area contributed by atoms with E-state index in [1.807, 2.05) is 0 Å². The lowest BCUT2D eigenvalue weighted by molar-refractivity contribution is 0.0875. The third-order valence-electron chi connectivity index (χ3n) is 4.46. The zero-order valence-electron chi connectivity index (χ0n) is 11.5. The minimum Gasteiger partial charge on any atom is -0.380 e. The zero-order valence-corrected chi connectivity index (χ0v) is 11.5. The van der Waals surface area contributed by atoms with Crippen LogP contribution in [0.15, 0.2) is 0 Å². The lowest BCUT2D eigenvalue weighted by Gasteiger charge is -2.33. The van der Waals surface area contributed by atoms with Gasteiger partial charge in [0.2, 0.25) is 0 Å². The van der Waals surface area contributed by atoms with E-state index in [-0.39, 0.29) is 0 Å². The normalized spacial score (nSPS) is 33.5. The SMILES string of the molecule is CN(CCOCC1CC1)CC1(C)CCCC1N. The van der Waals surface area contributed by atoms with Crippen molar-refractivity contribution in [1.82, 2.24) is 4.90 Å². The van der Waals surface area contributed by atoms with Crippen molar-refractivity contribution in [1.29, 1.82) is 0 Å².